The number of para-hydroxylation sites is 6. The number of benzene rings is 13. The average molecular weight is 1100 g/mol. The zero-order chi connectivity index (χ0) is 56.5. The number of fused-ring (bicyclic) bond motifs is 24. The first-order valence-corrected chi connectivity index (χ1v) is 30.2. The van der Waals surface area contributed by atoms with Gasteiger partial charge in [-0.25, -0.2) is 0 Å². The van der Waals surface area contributed by atoms with Crippen LogP contribution in [0.3, 0.4) is 0 Å². The monoisotopic (exact) mass is 1090 g/mol. The maximum Gasteiger partial charge on any atom is 0.151 e. The van der Waals surface area contributed by atoms with Crippen LogP contribution in [0.2, 0.25) is 0 Å². The highest BCUT2D eigenvalue weighted by Crippen LogP contribution is 2.66. The Labute approximate surface area is 501 Å². The molecule has 0 saturated carbocycles. The molecule has 2 spiro atoms. The molecule has 0 fully saturated rings. The summed E-state index contributed by atoms with van der Waals surface area (Å²) in [6.45, 7) is 2.48. The molecule has 86 heavy (non-hydrogen) atoms. The molecule has 0 bridgehead atoms. The van der Waals surface area contributed by atoms with E-state index in [-0.39, 0.29) is 5.41 Å². The highest BCUT2D eigenvalue weighted by atomic mass is 16.5. The third-order valence-electron chi connectivity index (χ3n) is 20.3. The molecule has 0 N–H and O–H groups in total. The van der Waals surface area contributed by atoms with Crippen LogP contribution in [-0.4, -0.2) is 0 Å². The number of anilines is 6. The Bertz CT molecular complexity index is 4860. The van der Waals surface area contributed by atoms with Crippen molar-refractivity contribution in [3.05, 3.63) is 358 Å². The summed E-state index contributed by atoms with van der Waals surface area (Å²) < 4.78 is 6.54. The summed E-state index contributed by atoms with van der Waals surface area (Å²) in [5, 5.41) is 0. The predicted octanol–water partition coefficient (Wildman–Crippen LogP) is 20.9. The first-order valence-electron chi connectivity index (χ1n) is 30.2. The molecular weight excluding hydrogens is 1040 g/mol. The zero-order valence-electron chi connectivity index (χ0n) is 47.3. The van der Waals surface area contributed by atoms with E-state index >= 15 is 0 Å². The fraction of sp³-hybridized carbons (Fsp3) is 0.0602. The van der Waals surface area contributed by atoms with Gasteiger partial charge < -0.3 is 14.5 Å². The van der Waals surface area contributed by atoms with Crippen LogP contribution in [0.15, 0.2) is 297 Å². The van der Waals surface area contributed by atoms with Gasteiger partial charge in [0.2, 0.25) is 0 Å². The fourth-order valence-corrected chi connectivity index (χ4v) is 16.9. The van der Waals surface area contributed by atoms with Crippen molar-refractivity contribution in [2.75, 3.05) is 9.80 Å². The Hall–Kier alpha value is -10.7. The minimum absolute atomic E-state index is 0.373. The number of ether oxygens (including phenoxy) is 1. The van der Waals surface area contributed by atoms with E-state index in [0.717, 1.165) is 40.7 Å². The Morgan fingerprint density at radius 2 is 0.605 bits per heavy atom. The van der Waals surface area contributed by atoms with Gasteiger partial charge in [-0.3, -0.25) is 0 Å². The largest absolute Gasteiger partial charge is 0.453 e. The van der Waals surface area contributed by atoms with Gasteiger partial charge in [-0.05, 0) is 190 Å². The second kappa shape index (κ2) is 17.4. The van der Waals surface area contributed by atoms with Gasteiger partial charge >= 0.3 is 0 Å². The topological polar surface area (TPSA) is 15.7 Å². The Balaban J connectivity index is 0.716. The van der Waals surface area contributed by atoms with Gasteiger partial charge in [0, 0.05) is 16.8 Å². The molecule has 2 heterocycles. The smallest absolute Gasteiger partial charge is 0.151 e. The minimum atomic E-state index is -0.555. The summed E-state index contributed by atoms with van der Waals surface area (Å²) in [5.74, 6) is 1.69. The van der Waals surface area contributed by atoms with Crippen molar-refractivity contribution >= 4 is 34.1 Å². The summed E-state index contributed by atoms with van der Waals surface area (Å²) in [4.78, 5) is 4.89. The highest BCUT2D eigenvalue weighted by Gasteiger charge is 2.54. The fourth-order valence-electron chi connectivity index (χ4n) is 16.9. The lowest BCUT2D eigenvalue weighted by Gasteiger charge is -2.44. The summed E-state index contributed by atoms with van der Waals surface area (Å²) in [7, 11) is 0. The molecule has 2 aliphatic heterocycles. The summed E-state index contributed by atoms with van der Waals surface area (Å²) in [6, 6.07) is 112. The lowest BCUT2D eigenvalue weighted by molar-refractivity contribution is 0.477. The SMILES string of the molecule is CC1(Cc2ccc3c(c2)C2(c4ccccc4-c4ccccc42)c2cc(N4c5ccccc5Oc5ccccc54)ccc2-3)c2ccccc2N(c2ccc(-c3ccc4c(c3)C3(c5ccccc5-c5ccccc53)c3ccccc3-4)cc2)c2ccccc21. The average Bonchev–Trinajstić information content (AvgIpc) is 1.57. The van der Waals surface area contributed by atoms with E-state index in [0.29, 0.717) is 0 Å². The molecule has 4 aliphatic carbocycles. The number of rotatable bonds is 5. The third kappa shape index (κ3) is 6.11. The standard InChI is InChI=1S/C83H54N2O/c1-81(51-52-38-45-62-64-47-44-56(85-77-34-16-18-36-79(77)86-80-37-19-17-35-78(80)85)50-74(64)83(72(62)48-52)68-28-10-4-22-59(68)60-23-5-11-29-69(60)83)70-30-12-14-32-75(70)84(76-33-15-13-31-71(76)81)55-42-39-53(40-43-55)54-41-46-63-61-24-6-9-27-67(61)82(73(63)49-54)65-25-7-2-20-57(65)58-21-3-8-26-66(58)82/h2-50H,51H2,1H3. The predicted molar refractivity (Wildman–Crippen MR) is 351 cm³/mol. The molecule has 13 aromatic carbocycles. The highest BCUT2D eigenvalue weighted by molar-refractivity contribution is 5.99. The van der Waals surface area contributed by atoms with E-state index in [1.807, 2.05) is 0 Å². The number of hydrogen-bond acceptors (Lipinski definition) is 3. The molecule has 3 nitrogen and oxygen atoms in total. The van der Waals surface area contributed by atoms with Crippen LogP contribution in [0.5, 0.6) is 11.5 Å². The minimum Gasteiger partial charge on any atom is -0.453 e. The second-order valence-corrected chi connectivity index (χ2v) is 24.4. The van der Waals surface area contributed by atoms with Crippen LogP contribution in [0.1, 0.15) is 68.1 Å². The van der Waals surface area contributed by atoms with Crippen molar-refractivity contribution in [1.29, 1.82) is 0 Å². The molecule has 0 saturated heterocycles. The van der Waals surface area contributed by atoms with Crippen molar-refractivity contribution in [2.45, 2.75) is 29.6 Å². The quantitative estimate of drug-likeness (QED) is 0.171. The molecular formula is C83H54N2O. The van der Waals surface area contributed by atoms with Crippen molar-refractivity contribution in [3.63, 3.8) is 0 Å². The maximum atomic E-state index is 6.54. The lowest BCUT2D eigenvalue weighted by atomic mass is 9.67. The molecule has 6 aliphatic rings. The molecule has 0 amide bonds. The van der Waals surface area contributed by atoms with E-state index in [9.17, 15) is 0 Å². The third-order valence-corrected chi connectivity index (χ3v) is 20.3. The van der Waals surface area contributed by atoms with E-state index in [4.69, 9.17) is 4.74 Å². The normalized spacial score (nSPS) is 15.2. The van der Waals surface area contributed by atoms with Gasteiger partial charge in [-0.15, -0.1) is 0 Å². The Morgan fingerprint density at radius 1 is 0.267 bits per heavy atom. The van der Waals surface area contributed by atoms with Crippen molar-refractivity contribution in [1.82, 2.24) is 0 Å². The molecule has 0 radical (unpaired) electrons. The Morgan fingerprint density at radius 3 is 1.10 bits per heavy atom. The van der Waals surface area contributed by atoms with Gasteiger partial charge in [0.05, 0.1) is 33.6 Å². The first kappa shape index (κ1) is 47.7. The van der Waals surface area contributed by atoms with Gasteiger partial charge in [-0.1, -0.05) is 237 Å². The van der Waals surface area contributed by atoms with Crippen molar-refractivity contribution in [3.8, 4) is 67.1 Å². The Kier molecular flexibility index (Phi) is 9.67. The molecule has 0 aromatic heterocycles. The van der Waals surface area contributed by atoms with Crippen LogP contribution in [0, 0.1) is 0 Å². The summed E-state index contributed by atoms with van der Waals surface area (Å²) >= 11 is 0. The van der Waals surface area contributed by atoms with Crippen LogP contribution >= 0.6 is 0 Å². The van der Waals surface area contributed by atoms with E-state index in [2.05, 4.69) is 314 Å². The number of nitrogens with zero attached hydrogens (tertiary/aromatic N) is 2. The molecule has 13 aromatic rings. The van der Waals surface area contributed by atoms with Crippen molar-refractivity contribution in [2.24, 2.45) is 0 Å². The summed E-state index contributed by atoms with van der Waals surface area (Å²) in [5.41, 5.74) is 32.9. The van der Waals surface area contributed by atoms with Crippen LogP contribution in [0.25, 0.3) is 55.6 Å². The van der Waals surface area contributed by atoms with E-state index in [1.54, 1.807) is 0 Å². The van der Waals surface area contributed by atoms with Gasteiger partial charge in [-0.2, -0.15) is 0 Å². The van der Waals surface area contributed by atoms with Crippen molar-refractivity contribution < 1.29 is 4.74 Å². The number of hydrogen-bond donors (Lipinski definition) is 0. The first-order chi connectivity index (χ1) is 42.5. The summed E-state index contributed by atoms with van der Waals surface area (Å²) in [6.07, 6.45) is 0.808. The maximum absolute atomic E-state index is 6.54. The van der Waals surface area contributed by atoms with Gasteiger partial charge in [0.25, 0.3) is 0 Å². The van der Waals surface area contributed by atoms with E-state index in [1.165, 1.54) is 128 Å². The second-order valence-electron chi connectivity index (χ2n) is 24.4. The molecule has 0 unspecified atom stereocenters. The molecule has 0 atom stereocenters. The molecule has 3 heteroatoms. The lowest BCUT2D eigenvalue weighted by Crippen LogP contribution is -2.35. The van der Waals surface area contributed by atoms with E-state index < -0.39 is 10.8 Å². The van der Waals surface area contributed by atoms with Crippen LogP contribution in [0.4, 0.5) is 34.1 Å². The van der Waals surface area contributed by atoms with Crippen LogP contribution < -0.4 is 14.5 Å². The van der Waals surface area contributed by atoms with Gasteiger partial charge in [0.15, 0.2) is 11.5 Å². The zero-order valence-corrected chi connectivity index (χ0v) is 47.3. The van der Waals surface area contributed by atoms with Gasteiger partial charge in [0.1, 0.15) is 0 Å². The van der Waals surface area contributed by atoms with Crippen LogP contribution in [-0.2, 0) is 22.7 Å². The molecule has 19 rings (SSSR count). The molecule has 402 valence electrons.